The lowest BCUT2D eigenvalue weighted by molar-refractivity contribution is 0.307. The fraction of sp³-hybridized carbons (Fsp3) is 0.571. The maximum absolute atomic E-state index is 10.0. The molecule has 0 fully saturated rings. The van der Waals surface area contributed by atoms with Crippen molar-refractivity contribution in [2.45, 2.75) is 32.7 Å². The third kappa shape index (κ3) is 4.39. The molecule has 102 valence electrons. The highest BCUT2D eigenvalue weighted by atomic mass is 35.5. The zero-order chi connectivity index (χ0) is 13.5. The molecule has 18 heavy (non-hydrogen) atoms. The van der Waals surface area contributed by atoms with Gasteiger partial charge in [0.2, 0.25) is 0 Å². The van der Waals surface area contributed by atoms with Crippen LogP contribution in [-0.4, -0.2) is 30.7 Å². The third-order valence-corrected chi connectivity index (χ3v) is 3.14. The second-order valence-corrected chi connectivity index (χ2v) is 5.00. The van der Waals surface area contributed by atoms with E-state index in [0.717, 1.165) is 12.1 Å². The summed E-state index contributed by atoms with van der Waals surface area (Å²) < 4.78 is 5.09. The fourth-order valence-electron chi connectivity index (χ4n) is 1.91. The fourth-order valence-corrected chi connectivity index (χ4v) is 2.14. The van der Waals surface area contributed by atoms with Crippen LogP contribution < -0.4 is 4.74 Å². The molecule has 0 aromatic heterocycles. The van der Waals surface area contributed by atoms with Crippen LogP contribution in [0.4, 0.5) is 0 Å². The lowest BCUT2D eigenvalue weighted by Crippen LogP contribution is -2.19. The normalized spacial score (nSPS) is 10.9. The van der Waals surface area contributed by atoms with Crippen molar-refractivity contribution in [2.75, 3.05) is 20.7 Å². The number of aromatic hydroxyl groups is 1. The van der Waals surface area contributed by atoms with Crippen molar-refractivity contribution in [3.8, 4) is 11.5 Å². The van der Waals surface area contributed by atoms with Crippen molar-refractivity contribution < 1.29 is 9.84 Å². The van der Waals surface area contributed by atoms with Crippen LogP contribution in [0.2, 0.25) is 5.02 Å². The van der Waals surface area contributed by atoms with E-state index < -0.39 is 0 Å². The van der Waals surface area contributed by atoms with E-state index in [1.54, 1.807) is 12.1 Å². The van der Waals surface area contributed by atoms with E-state index in [2.05, 4.69) is 11.8 Å². The molecule has 0 bridgehead atoms. The van der Waals surface area contributed by atoms with Gasteiger partial charge in [-0.1, -0.05) is 31.4 Å². The molecule has 0 aliphatic carbocycles. The molecule has 1 aromatic carbocycles. The molecule has 1 rings (SSSR count). The number of phenols is 1. The van der Waals surface area contributed by atoms with Crippen molar-refractivity contribution in [1.29, 1.82) is 0 Å². The van der Waals surface area contributed by atoms with Crippen LogP contribution in [0, 0.1) is 0 Å². The quantitative estimate of drug-likeness (QED) is 0.768. The maximum Gasteiger partial charge on any atom is 0.162 e. The van der Waals surface area contributed by atoms with Crippen LogP contribution in [-0.2, 0) is 6.54 Å². The van der Waals surface area contributed by atoms with E-state index in [9.17, 15) is 5.11 Å². The molecule has 0 aliphatic rings. The summed E-state index contributed by atoms with van der Waals surface area (Å²) in [5.41, 5.74) is 0.804. The smallest absolute Gasteiger partial charge is 0.162 e. The van der Waals surface area contributed by atoms with Crippen molar-refractivity contribution in [3.63, 3.8) is 0 Å². The second-order valence-electron chi connectivity index (χ2n) is 4.56. The minimum atomic E-state index is 0.184. The summed E-state index contributed by atoms with van der Waals surface area (Å²) in [6.45, 7) is 3.88. The topological polar surface area (TPSA) is 32.7 Å². The van der Waals surface area contributed by atoms with E-state index in [1.807, 2.05) is 7.05 Å². The monoisotopic (exact) mass is 271 g/mol. The van der Waals surface area contributed by atoms with Gasteiger partial charge in [-0.15, -0.1) is 0 Å². The van der Waals surface area contributed by atoms with Crippen LogP contribution in [0.5, 0.6) is 11.5 Å². The molecule has 1 N–H and O–H groups in total. The van der Waals surface area contributed by atoms with Crippen molar-refractivity contribution in [2.24, 2.45) is 0 Å². The van der Waals surface area contributed by atoms with Crippen LogP contribution in [0.3, 0.4) is 0 Å². The zero-order valence-corrected chi connectivity index (χ0v) is 12.1. The summed E-state index contributed by atoms with van der Waals surface area (Å²) in [7, 11) is 3.57. The van der Waals surface area contributed by atoms with Crippen molar-refractivity contribution >= 4 is 11.6 Å². The predicted molar refractivity (Wildman–Crippen MR) is 75.5 cm³/mol. The molecule has 0 atom stereocenters. The number of rotatable bonds is 7. The van der Waals surface area contributed by atoms with Gasteiger partial charge in [0.15, 0.2) is 11.5 Å². The van der Waals surface area contributed by atoms with Gasteiger partial charge in [0.1, 0.15) is 0 Å². The van der Waals surface area contributed by atoms with E-state index in [1.165, 1.54) is 26.4 Å². The Bertz CT molecular complexity index is 382. The highest BCUT2D eigenvalue weighted by Gasteiger charge is 2.11. The number of phenolic OH excluding ortho intramolecular Hbond substituents is 1. The SMILES string of the molecule is CCCCCN(C)Cc1cc(Cl)cc(OC)c1O. The number of benzene rings is 1. The van der Waals surface area contributed by atoms with Gasteiger partial charge in [-0.25, -0.2) is 0 Å². The number of halogens is 1. The first-order chi connectivity index (χ1) is 8.58. The lowest BCUT2D eigenvalue weighted by atomic mass is 10.1. The van der Waals surface area contributed by atoms with Gasteiger partial charge in [-0.3, -0.25) is 0 Å². The number of ether oxygens (including phenoxy) is 1. The highest BCUT2D eigenvalue weighted by molar-refractivity contribution is 6.30. The number of nitrogens with zero attached hydrogens (tertiary/aromatic N) is 1. The Morgan fingerprint density at radius 2 is 2.06 bits per heavy atom. The van der Waals surface area contributed by atoms with Crippen LogP contribution in [0.25, 0.3) is 0 Å². The average Bonchev–Trinajstić information content (AvgIpc) is 2.33. The minimum absolute atomic E-state index is 0.184. The summed E-state index contributed by atoms with van der Waals surface area (Å²) in [6.07, 6.45) is 3.62. The van der Waals surface area contributed by atoms with Crippen LogP contribution >= 0.6 is 11.6 Å². The molecule has 0 unspecified atom stereocenters. The van der Waals surface area contributed by atoms with Crippen LogP contribution in [0.15, 0.2) is 12.1 Å². The standard InChI is InChI=1S/C14H22ClNO2/c1-4-5-6-7-16(2)10-11-8-12(15)9-13(18-3)14(11)17/h8-9,17H,4-7,10H2,1-3H3. The Hall–Kier alpha value is -0.930. The summed E-state index contributed by atoms with van der Waals surface area (Å²) in [6, 6.07) is 3.41. The molecule has 3 nitrogen and oxygen atoms in total. The van der Waals surface area contributed by atoms with Gasteiger partial charge in [-0.05, 0) is 26.1 Å². The first-order valence-electron chi connectivity index (χ1n) is 6.32. The summed E-state index contributed by atoms with van der Waals surface area (Å²) in [4.78, 5) is 2.18. The zero-order valence-electron chi connectivity index (χ0n) is 11.4. The number of hydrogen-bond donors (Lipinski definition) is 1. The molecule has 0 amide bonds. The van der Waals surface area contributed by atoms with Crippen molar-refractivity contribution in [1.82, 2.24) is 4.90 Å². The van der Waals surface area contributed by atoms with E-state index in [-0.39, 0.29) is 5.75 Å². The Morgan fingerprint density at radius 1 is 1.33 bits per heavy atom. The maximum atomic E-state index is 10.0. The van der Waals surface area contributed by atoms with Gasteiger partial charge < -0.3 is 14.7 Å². The third-order valence-electron chi connectivity index (χ3n) is 2.92. The molecule has 0 spiro atoms. The largest absolute Gasteiger partial charge is 0.504 e. The molecular weight excluding hydrogens is 250 g/mol. The molecule has 0 radical (unpaired) electrons. The lowest BCUT2D eigenvalue weighted by Gasteiger charge is -2.18. The van der Waals surface area contributed by atoms with Gasteiger partial charge in [0.05, 0.1) is 7.11 Å². The van der Waals surface area contributed by atoms with Gasteiger partial charge in [0, 0.05) is 23.2 Å². The van der Waals surface area contributed by atoms with E-state index >= 15 is 0 Å². The first kappa shape index (κ1) is 15.1. The molecule has 0 saturated heterocycles. The summed E-state index contributed by atoms with van der Waals surface area (Å²) in [5.74, 6) is 0.615. The number of methoxy groups -OCH3 is 1. The summed E-state index contributed by atoms with van der Waals surface area (Å²) in [5, 5.41) is 10.6. The Kier molecular flexibility index (Phi) is 6.30. The van der Waals surface area contributed by atoms with Crippen LogP contribution in [0.1, 0.15) is 31.7 Å². The predicted octanol–water partition coefficient (Wildman–Crippen LogP) is 3.68. The molecule has 1 aromatic rings. The minimum Gasteiger partial charge on any atom is -0.504 e. The Balaban J connectivity index is 2.68. The number of hydrogen-bond acceptors (Lipinski definition) is 3. The molecule has 0 heterocycles. The number of unbranched alkanes of at least 4 members (excludes halogenated alkanes) is 2. The Labute approximate surface area is 114 Å². The molecule has 0 saturated carbocycles. The Morgan fingerprint density at radius 3 is 2.67 bits per heavy atom. The van der Waals surface area contributed by atoms with Crippen molar-refractivity contribution in [3.05, 3.63) is 22.7 Å². The summed E-state index contributed by atoms with van der Waals surface area (Å²) >= 11 is 6.00. The van der Waals surface area contributed by atoms with Gasteiger partial charge in [-0.2, -0.15) is 0 Å². The average molecular weight is 272 g/mol. The molecule has 4 heteroatoms. The second kappa shape index (κ2) is 7.49. The van der Waals surface area contributed by atoms with Gasteiger partial charge in [0.25, 0.3) is 0 Å². The van der Waals surface area contributed by atoms with Gasteiger partial charge >= 0.3 is 0 Å². The first-order valence-corrected chi connectivity index (χ1v) is 6.70. The molecular formula is C14H22ClNO2. The molecule has 0 aliphatic heterocycles. The van der Waals surface area contributed by atoms with E-state index in [0.29, 0.717) is 17.3 Å². The highest BCUT2D eigenvalue weighted by Crippen LogP contribution is 2.33. The van der Waals surface area contributed by atoms with E-state index in [4.69, 9.17) is 16.3 Å².